The van der Waals surface area contributed by atoms with E-state index in [1.54, 1.807) is 0 Å². The van der Waals surface area contributed by atoms with Crippen LogP contribution in [0.1, 0.15) is 0 Å². The number of benzene rings is 9. The van der Waals surface area contributed by atoms with E-state index in [0.29, 0.717) is 23.3 Å². The Labute approximate surface area is 372 Å². The Morgan fingerprint density at radius 3 is 1.68 bits per heavy atom. The third-order valence-corrected chi connectivity index (χ3v) is 12.6. The molecule has 0 spiro atoms. The second-order valence-electron chi connectivity index (χ2n) is 16.3. The molecule has 0 saturated carbocycles. The first kappa shape index (κ1) is 36.5. The monoisotopic (exact) mass is 830 g/mol. The van der Waals surface area contributed by atoms with E-state index in [1.807, 2.05) is 72.8 Å². The summed E-state index contributed by atoms with van der Waals surface area (Å²) in [6, 6.07) is 71.1. The highest BCUT2D eigenvalue weighted by Gasteiger charge is 2.25. The molecule has 7 heteroatoms. The van der Waals surface area contributed by atoms with Crippen molar-refractivity contribution in [1.29, 1.82) is 0 Å². The topological polar surface area (TPSA) is 66.0 Å². The van der Waals surface area contributed by atoms with Crippen molar-refractivity contribution in [3.63, 3.8) is 0 Å². The molecular formula is C58H34N6O. The summed E-state index contributed by atoms with van der Waals surface area (Å²) in [5.74, 6) is 1.68. The first-order chi connectivity index (χ1) is 32.2. The zero-order valence-corrected chi connectivity index (χ0v) is 34.7. The SMILES string of the molecule is [C-]#[N+]c1ccc(-c2cc(-n3c4ccccc4c4ccc5c6ccccc6n(-c6nc(-c7ccccc7)nc(-c7cccc(-c8ccccc8)c7)n6)c5c43)cc3c2oc2ccccc23)cc1. The Bertz CT molecular complexity index is 4060. The molecule has 9 aromatic carbocycles. The van der Waals surface area contributed by atoms with Gasteiger partial charge in [-0.1, -0.05) is 170 Å². The van der Waals surface area contributed by atoms with Gasteiger partial charge in [0.2, 0.25) is 5.95 Å². The molecule has 0 saturated heterocycles. The van der Waals surface area contributed by atoms with E-state index in [9.17, 15) is 0 Å². The van der Waals surface area contributed by atoms with Crippen LogP contribution < -0.4 is 0 Å². The van der Waals surface area contributed by atoms with Crippen LogP contribution in [0.25, 0.3) is 127 Å². The minimum atomic E-state index is 0.520. The first-order valence-electron chi connectivity index (χ1n) is 21.6. The summed E-state index contributed by atoms with van der Waals surface area (Å²) in [6.07, 6.45) is 0. The van der Waals surface area contributed by atoms with E-state index in [4.69, 9.17) is 25.9 Å². The van der Waals surface area contributed by atoms with Crippen LogP contribution in [0.4, 0.5) is 5.69 Å². The molecule has 13 aromatic rings. The van der Waals surface area contributed by atoms with Crippen LogP contribution in [-0.4, -0.2) is 24.1 Å². The van der Waals surface area contributed by atoms with Crippen molar-refractivity contribution in [3.8, 4) is 56.7 Å². The molecule has 4 heterocycles. The highest BCUT2D eigenvalue weighted by molar-refractivity contribution is 6.24. The van der Waals surface area contributed by atoms with Crippen LogP contribution in [0.5, 0.6) is 0 Å². The number of furan rings is 1. The zero-order valence-electron chi connectivity index (χ0n) is 34.7. The molecule has 0 atom stereocenters. The maximum Gasteiger partial charge on any atom is 0.238 e. The van der Waals surface area contributed by atoms with Gasteiger partial charge in [0.05, 0.1) is 28.6 Å². The quantitative estimate of drug-likeness (QED) is 0.157. The van der Waals surface area contributed by atoms with E-state index in [-0.39, 0.29) is 0 Å². The van der Waals surface area contributed by atoms with Gasteiger partial charge in [0.15, 0.2) is 17.3 Å². The predicted molar refractivity (Wildman–Crippen MR) is 264 cm³/mol. The average Bonchev–Trinajstić information content (AvgIpc) is 4.04. The van der Waals surface area contributed by atoms with Gasteiger partial charge in [-0.05, 0) is 53.1 Å². The molecular weight excluding hydrogens is 797 g/mol. The van der Waals surface area contributed by atoms with Crippen molar-refractivity contribution < 1.29 is 4.42 Å². The minimum Gasteiger partial charge on any atom is -0.455 e. The van der Waals surface area contributed by atoms with Crippen molar-refractivity contribution in [3.05, 3.63) is 218 Å². The Morgan fingerprint density at radius 2 is 0.969 bits per heavy atom. The fraction of sp³-hybridized carbons (Fsp3) is 0. The normalized spacial score (nSPS) is 11.7. The van der Waals surface area contributed by atoms with Crippen LogP contribution in [0.3, 0.4) is 0 Å². The minimum absolute atomic E-state index is 0.520. The van der Waals surface area contributed by atoms with E-state index in [2.05, 4.69) is 147 Å². The fourth-order valence-electron chi connectivity index (χ4n) is 9.63. The molecule has 13 rings (SSSR count). The molecule has 7 nitrogen and oxygen atoms in total. The molecule has 0 bridgehead atoms. The van der Waals surface area contributed by atoms with Gasteiger partial charge in [-0.15, -0.1) is 0 Å². The molecule has 0 aliphatic heterocycles. The van der Waals surface area contributed by atoms with Gasteiger partial charge < -0.3 is 8.98 Å². The highest BCUT2D eigenvalue weighted by Crippen LogP contribution is 2.44. The van der Waals surface area contributed by atoms with E-state index in [0.717, 1.165) is 105 Å². The van der Waals surface area contributed by atoms with Crippen molar-refractivity contribution in [2.75, 3.05) is 0 Å². The molecule has 0 aliphatic carbocycles. The number of para-hydroxylation sites is 3. The summed E-state index contributed by atoms with van der Waals surface area (Å²) in [6.45, 7) is 7.63. The van der Waals surface area contributed by atoms with Gasteiger partial charge in [-0.25, -0.2) is 9.83 Å². The van der Waals surface area contributed by atoms with E-state index in [1.165, 1.54) is 0 Å². The second kappa shape index (κ2) is 14.5. The smallest absolute Gasteiger partial charge is 0.238 e. The van der Waals surface area contributed by atoms with Crippen LogP contribution in [-0.2, 0) is 0 Å². The lowest BCUT2D eigenvalue weighted by Gasteiger charge is -2.14. The van der Waals surface area contributed by atoms with Crippen molar-refractivity contribution >= 4 is 71.2 Å². The third-order valence-electron chi connectivity index (χ3n) is 12.6. The lowest BCUT2D eigenvalue weighted by Crippen LogP contribution is -2.07. The predicted octanol–water partition coefficient (Wildman–Crippen LogP) is 15.2. The maximum absolute atomic E-state index is 7.63. The summed E-state index contributed by atoms with van der Waals surface area (Å²) in [5.41, 5.74) is 13.1. The molecule has 0 amide bonds. The molecule has 4 aromatic heterocycles. The van der Waals surface area contributed by atoms with Gasteiger partial charge in [-0.2, -0.15) is 9.97 Å². The lowest BCUT2D eigenvalue weighted by molar-refractivity contribution is 0.670. The second-order valence-corrected chi connectivity index (χ2v) is 16.3. The lowest BCUT2D eigenvalue weighted by atomic mass is 10.0. The van der Waals surface area contributed by atoms with E-state index >= 15 is 0 Å². The Balaban J connectivity index is 1.15. The molecule has 65 heavy (non-hydrogen) atoms. The average molecular weight is 831 g/mol. The van der Waals surface area contributed by atoms with Crippen LogP contribution >= 0.6 is 0 Å². The molecule has 0 aliphatic rings. The van der Waals surface area contributed by atoms with Crippen LogP contribution in [0, 0.1) is 6.57 Å². The van der Waals surface area contributed by atoms with Crippen LogP contribution in [0.2, 0.25) is 0 Å². The summed E-state index contributed by atoms with van der Waals surface area (Å²) < 4.78 is 11.3. The largest absolute Gasteiger partial charge is 0.455 e. The Hall–Kier alpha value is -9.12. The Kier molecular flexibility index (Phi) is 8.14. The fourth-order valence-corrected chi connectivity index (χ4v) is 9.63. The summed E-state index contributed by atoms with van der Waals surface area (Å²) >= 11 is 0. The van der Waals surface area contributed by atoms with Gasteiger partial charge in [-0.3, -0.25) is 4.57 Å². The number of hydrogen-bond acceptors (Lipinski definition) is 4. The molecule has 302 valence electrons. The number of nitrogens with zero attached hydrogens (tertiary/aromatic N) is 6. The standard InChI is InChI=1S/C58H34N6O/c1-59-41-29-27-37(28-30-41)48-34-42(35-49-45-23-10-13-26-52(45)65-55(48)49)63-50-24-11-8-21-43(50)46-31-32-47-44-22-9-12-25-51(44)64(54(47)53(46)63)58-61-56(38-17-6-3-7-18-38)60-57(62-58)40-20-14-19-39(33-40)36-15-4-2-5-16-36/h2-35H. The Morgan fingerprint density at radius 1 is 0.400 bits per heavy atom. The molecule has 0 fully saturated rings. The summed E-state index contributed by atoms with van der Waals surface area (Å²) in [7, 11) is 0. The highest BCUT2D eigenvalue weighted by atomic mass is 16.3. The van der Waals surface area contributed by atoms with Gasteiger partial charge in [0, 0.05) is 54.7 Å². The summed E-state index contributed by atoms with van der Waals surface area (Å²) in [4.78, 5) is 19.6. The number of fused-ring (bicyclic) bond motifs is 10. The van der Waals surface area contributed by atoms with Gasteiger partial charge >= 0.3 is 0 Å². The first-order valence-corrected chi connectivity index (χ1v) is 21.6. The van der Waals surface area contributed by atoms with Crippen LogP contribution in [0.15, 0.2) is 211 Å². The number of rotatable bonds is 6. The van der Waals surface area contributed by atoms with Crippen molar-refractivity contribution in [1.82, 2.24) is 24.1 Å². The van der Waals surface area contributed by atoms with Gasteiger partial charge in [0.25, 0.3) is 0 Å². The van der Waals surface area contributed by atoms with Gasteiger partial charge in [0.1, 0.15) is 11.2 Å². The summed E-state index contributed by atoms with van der Waals surface area (Å²) in [5, 5.41) is 6.44. The molecule has 0 radical (unpaired) electrons. The van der Waals surface area contributed by atoms with Crippen molar-refractivity contribution in [2.45, 2.75) is 0 Å². The zero-order chi connectivity index (χ0) is 43.0. The molecule has 0 N–H and O–H groups in total. The third kappa shape index (κ3) is 5.78. The maximum atomic E-state index is 7.63. The van der Waals surface area contributed by atoms with Crippen molar-refractivity contribution in [2.24, 2.45) is 0 Å². The molecule has 0 unspecified atom stereocenters. The number of aromatic nitrogens is 5. The van der Waals surface area contributed by atoms with E-state index < -0.39 is 0 Å². The number of hydrogen-bond donors (Lipinski definition) is 0.